The lowest BCUT2D eigenvalue weighted by Gasteiger charge is -2.41. The predicted octanol–water partition coefficient (Wildman–Crippen LogP) is 2.75. The van der Waals surface area contributed by atoms with E-state index >= 15 is 0 Å². The Balaban J connectivity index is 1.62. The van der Waals surface area contributed by atoms with Crippen LogP contribution in [0.25, 0.3) is 0 Å². The molecule has 0 unspecified atom stereocenters. The lowest BCUT2D eigenvalue weighted by molar-refractivity contribution is -0.152. The zero-order valence-electron chi connectivity index (χ0n) is 18.7. The molecule has 0 bridgehead atoms. The number of nitrogens with one attached hydrogen (secondary N) is 1. The molecule has 6 nitrogen and oxygen atoms in total. The van der Waals surface area contributed by atoms with Crippen LogP contribution in [0, 0.1) is 11.8 Å². The summed E-state index contributed by atoms with van der Waals surface area (Å²) in [6.07, 6.45) is 3.25. The molecule has 2 aromatic carbocycles. The van der Waals surface area contributed by atoms with Crippen LogP contribution in [0.4, 0.5) is 0 Å². The van der Waals surface area contributed by atoms with E-state index in [0.717, 1.165) is 12.8 Å². The monoisotopic (exact) mass is 454 g/mol. The molecule has 0 saturated carbocycles. The molecule has 1 saturated heterocycles. The highest BCUT2D eigenvalue weighted by Crippen LogP contribution is 2.32. The van der Waals surface area contributed by atoms with Gasteiger partial charge in [-0.1, -0.05) is 50.2 Å². The molecule has 1 aliphatic carbocycles. The van der Waals surface area contributed by atoms with Crippen LogP contribution in [-0.4, -0.2) is 43.5 Å². The number of fused-ring (bicyclic) bond motifs is 1. The van der Waals surface area contributed by atoms with Crippen molar-refractivity contribution in [3.63, 3.8) is 0 Å². The average molecular weight is 455 g/mol. The molecule has 1 aliphatic heterocycles. The first-order chi connectivity index (χ1) is 15.1. The van der Waals surface area contributed by atoms with E-state index in [4.69, 9.17) is 0 Å². The molecular formula is C25H30N2O4S. The third-order valence-corrected chi connectivity index (χ3v) is 7.56. The van der Waals surface area contributed by atoms with Crippen molar-refractivity contribution < 1.29 is 18.0 Å². The molecule has 170 valence electrons. The Morgan fingerprint density at radius 3 is 2.28 bits per heavy atom. The highest BCUT2D eigenvalue weighted by Gasteiger charge is 2.45. The second-order valence-corrected chi connectivity index (χ2v) is 11.5. The molecule has 2 aromatic rings. The summed E-state index contributed by atoms with van der Waals surface area (Å²) in [6, 6.07) is 13.7. The fraction of sp³-hybridized carbons (Fsp3) is 0.440. The van der Waals surface area contributed by atoms with Crippen LogP contribution in [0.2, 0.25) is 0 Å². The summed E-state index contributed by atoms with van der Waals surface area (Å²) in [4.78, 5) is 28.7. The van der Waals surface area contributed by atoms with Crippen molar-refractivity contribution >= 4 is 21.7 Å². The molecule has 0 radical (unpaired) electrons. The zero-order chi connectivity index (χ0) is 23.0. The Kier molecular flexibility index (Phi) is 6.12. The van der Waals surface area contributed by atoms with Gasteiger partial charge in [-0.3, -0.25) is 9.59 Å². The van der Waals surface area contributed by atoms with Crippen LogP contribution in [0.5, 0.6) is 0 Å². The summed E-state index contributed by atoms with van der Waals surface area (Å²) in [5.41, 5.74) is 3.17. The maximum Gasteiger partial charge on any atom is 0.246 e. The number of carbonyl (C=O) groups is 2. The normalized spacial score (nSPS) is 21.7. The first kappa shape index (κ1) is 22.5. The Hall–Kier alpha value is -2.67. The number of hydrogen-bond donors (Lipinski definition) is 1. The molecule has 0 aromatic heterocycles. The largest absolute Gasteiger partial charge is 0.342 e. The molecule has 0 spiro atoms. The van der Waals surface area contributed by atoms with Crippen molar-refractivity contribution in [2.24, 2.45) is 11.8 Å². The van der Waals surface area contributed by atoms with E-state index in [9.17, 15) is 18.0 Å². The molecule has 7 heteroatoms. The van der Waals surface area contributed by atoms with Crippen LogP contribution in [0.3, 0.4) is 0 Å². The van der Waals surface area contributed by atoms with Gasteiger partial charge in [-0.25, -0.2) is 8.42 Å². The number of nitrogens with zero attached hydrogens (tertiary/aromatic N) is 1. The number of piperazine rings is 1. The van der Waals surface area contributed by atoms with E-state index in [2.05, 4.69) is 17.4 Å². The van der Waals surface area contributed by atoms with Gasteiger partial charge >= 0.3 is 0 Å². The van der Waals surface area contributed by atoms with Gasteiger partial charge in [-0.15, -0.1) is 0 Å². The Bertz CT molecular complexity index is 1120. The van der Waals surface area contributed by atoms with Crippen molar-refractivity contribution in [1.29, 1.82) is 0 Å². The van der Waals surface area contributed by atoms with Gasteiger partial charge in [-0.05, 0) is 59.9 Å². The van der Waals surface area contributed by atoms with Gasteiger partial charge in [0, 0.05) is 12.8 Å². The molecule has 32 heavy (non-hydrogen) atoms. The van der Waals surface area contributed by atoms with Gasteiger partial charge in [0.2, 0.25) is 11.8 Å². The van der Waals surface area contributed by atoms with E-state index in [0.29, 0.717) is 12.0 Å². The van der Waals surface area contributed by atoms with Crippen molar-refractivity contribution in [3.8, 4) is 0 Å². The molecule has 1 N–H and O–H groups in total. The zero-order valence-corrected chi connectivity index (χ0v) is 19.6. The third-order valence-electron chi connectivity index (χ3n) is 6.45. The van der Waals surface area contributed by atoms with Crippen molar-refractivity contribution in [2.75, 3.05) is 6.26 Å². The predicted molar refractivity (Wildman–Crippen MR) is 123 cm³/mol. The lowest BCUT2D eigenvalue weighted by atomic mass is 9.90. The fourth-order valence-electron chi connectivity index (χ4n) is 4.87. The maximum absolute atomic E-state index is 13.7. The lowest BCUT2D eigenvalue weighted by Crippen LogP contribution is -2.65. The van der Waals surface area contributed by atoms with E-state index in [-0.39, 0.29) is 35.1 Å². The first-order valence-corrected chi connectivity index (χ1v) is 13.0. The van der Waals surface area contributed by atoms with Crippen molar-refractivity contribution in [1.82, 2.24) is 10.2 Å². The van der Waals surface area contributed by atoms with Crippen LogP contribution in [0.15, 0.2) is 53.4 Å². The molecule has 1 fully saturated rings. The van der Waals surface area contributed by atoms with Crippen LogP contribution in [-0.2, 0) is 38.8 Å². The highest BCUT2D eigenvalue weighted by molar-refractivity contribution is 7.90. The number of benzene rings is 2. The first-order valence-electron chi connectivity index (χ1n) is 11.1. The standard InChI is InChI=1S/C25H30N2O4S/c1-16(2)11-22-24(28)26-23(20-13-18-8-4-5-9-19(18)14-20)25(29)27(22)15-17-7-6-10-21(12-17)32(3,30)31/h4-10,12,16,20,22-23H,11,13-15H2,1-3H3,(H,26,28)/t22-,23-/m1/s1. The number of amides is 2. The minimum Gasteiger partial charge on any atom is -0.342 e. The molecule has 2 aliphatic rings. The van der Waals surface area contributed by atoms with E-state index < -0.39 is 21.9 Å². The number of sulfone groups is 1. The highest BCUT2D eigenvalue weighted by atomic mass is 32.2. The minimum absolute atomic E-state index is 0.0219. The molecular weight excluding hydrogens is 424 g/mol. The van der Waals surface area contributed by atoms with Gasteiger partial charge in [0.05, 0.1) is 4.90 Å². The molecule has 2 amide bonds. The number of hydrogen-bond acceptors (Lipinski definition) is 4. The Morgan fingerprint density at radius 2 is 1.69 bits per heavy atom. The number of rotatable bonds is 6. The maximum atomic E-state index is 13.7. The van der Waals surface area contributed by atoms with Gasteiger partial charge in [0.25, 0.3) is 0 Å². The minimum atomic E-state index is -3.36. The third kappa shape index (κ3) is 4.58. The van der Waals surface area contributed by atoms with Crippen LogP contribution < -0.4 is 5.32 Å². The second-order valence-electron chi connectivity index (χ2n) is 9.45. The van der Waals surface area contributed by atoms with Gasteiger partial charge < -0.3 is 10.2 Å². The van der Waals surface area contributed by atoms with E-state index in [1.54, 1.807) is 29.2 Å². The number of carbonyl (C=O) groups excluding carboxylic acids is 2. The van der Waals surface area contributed by atoms with Gasteiger partial charge in [0.15, 0.2) is 9.84 Å². The van der Waals surface area contributed by atoms with Crippen molar-refractivity contribution in [2.45, 2.75) is 56.6 Å². The fourth-order valence-corrected chi connectivity index (χ4v) is 5.56. The Labute approximate surface area is 189 Å². The summed E-state index contributed by atoms with van der Waals surface area (Å²) in [5, 5.41) is 3.02. The van der Waals surface area contributed by atoms with Gasteiger partial charge in [-0.2, -0.15) is 0 Å². The molecule has 4 rings (SSSR count). The molecule has 2 atom stereocenters. The Morgan fingerprint density at radius 1 is 1.03 bits per heavy atom. The van der Waals surface area contributed by atoms with E-state index in [1.807, 2.05) is 26.0 Å². The SMILES string of the molecule is CC(C)C[C@@H]1C(=O)N[C@H](C2Cc3ccccc3C2)C(=O)N1Cc1cccc(S(C)(=O)=O)c1. The summed E-state index contributed by atoms with van der Waals surface area (Å²) in [5.74, 6) is 0.0423. The van der Waals surface area contributed by atoms with Gasteiger partial charge in [0.1, 0.15) is 12.1 Å². The quantitative estimate of drug-likeness (QED) is 0.728. The van der Waals surface area contributed by atoms with Crippen LogP contribution in [0.1, 0.15) is 37.0 Å². The summed E-state index contributed by atoms with van der Waals surface area (Å²) < 4.78 is 24.0. The van der Waals surface area contributed by atoms with Crippen molar-refractivity contribution in [3.05, 3.63) is 65.2 Å². The smallest absolute Gasteiger partial charge is 0.246 e. The summed E-state index contributed by atoms with van der Waals surface area (Å²) >= 11 is 0. The summed E-state index contributed by atoms with van der Waals surface area (Å²) in [6.45, 7) is 4.27. The summed E-state index contributed by atoms with van der Waals surface area (Å²) in [7, 11) is -3.36. The van der Waals surface area contributed by atoms with Crippen LogP contribution >= 0.6 is 0 Å². The average Bonchev–Trinajstić information content (AvgIpc) is 3.16. The van der Waals surface area contributed by atoms with E-state index in [1.165, 1.54) is 17.4 Å². The topological polar surface area (TPSA) is 83.6 Å². The molecule has 1 heterocycles. The second kappa shape index (κ2) is 8.70.